The minimum Gasteiger partial charge on any atom is -0.465 e. The number of aliphatic hydroxyl groups excluding tert-OH is 1. The van der Waals surface area contributed by atoms with Crippen LogP contribution in [0.25, 0.3) is 10.9 Å². The van der Waals surface area contributed by atoms with E-state index in [0.29, 0.717) is 36.4 Å². The Morgan fingerprint density at radius 3 is 2.24 bits per heavy atom. The van der Waals surface area contributed by atoms with Crippen LogP contribution in [-0.4, -0.2) is 60.0 Å². The van der Waals surface area contributed by atoms with Crippen molar-refractivity contribution in [3.63, 3.8) is 0 Å². The molecule has 1 saturated heterocycles. The second kappa shape index (κ2) is 11.5. The molecule has 0 radical (unpaired) electrons. The molecule has 0 atom stereocenters. The van der Waals surface area contributed by atoms with Crippen molar-refractivity contribution >= 4 is 28.7 Å². The number of rotatable bonds is 8. The predicted molar refractivity (Wildman–Crippen MR) is 132 cm³/mol. The van der Waals surface area contributed by atoms with E-state index in [1.807, 2.05) is 30.3 Å². The Kier molecular flexibility index (Phi) is 8.21. The highest BCUT2D eigenvalue weighted by Crippen LogP contribution is 2.29. The van der Waals surface area contributed by atoms with Gasteiger partial charge in [0.05, 0.1) is 11.1 Å². The number of hydrogen-bond donors (Lipinski definition) is 4. The van der Waals surface area contributed by atoms with E-state index in [1.165, 1.54) is 0 Å². The largest absolute Gasteiger partial charge is 0.465 e. The van der Waals surface area contributed by atoms with Gasteiger partial charge in [0.1, 0.15) is 5.82 Å². The third-order valence-corrected chi connectivity index (χ3v) is 7.48. The summed E-state index contributed by atoms with van der Waals surface area (Å²) in [5.74, 6) is 2.14. The molecule has 1 aliphatic carbocycles. The van der Waals surface area contributed by atoms with Crippen molar-refractivity contribution in [1.82, 2.24) is 15.6 Å². The lowest BCUT2D eigenvalue weighted by Crippen LogP contribution is -2.35. The van der Waals surface area contributed by atoms with Crippen LogP contribution in [0, 0.1) is 17.8 Å². The maximum atomic E-state index is 13.3. The molecule has 2 heterocycles. The third-order valence-electron chi connectivity index (χ3n) is 7.48. The van der Waals surface area contributed by atoms with Gasteiger partial charge >= 0.3 is 6.09 Å². The fraction of sp³-hybridized carbons (Fsp3) is 0.577. The fourth-order valence-corrected chi connectivity index (χ4v) is 5.35. The Bertz CT molecular complexity index is 982. The van der Waals surface area contributed by atoms with Gasteiger partial charge in [-0.25, -0.2) is 9.78 Å². The summed E-state index contributed by atoms with van der Waals surface area (Å²) in [5, 5.41) is 24.5. The van der Waals surface area contributed by atoms with Crippen LogP contribution in [0.3, 0.4) is 0 Å². The van der Waals surface area contributed by atoms with Gasteiger partial charge in [-0.2, -0.15) is 0 Å². The monoisotopic (exact) mass is 468 g/mol. The molecule has 1 aromatic carbocycles. The predicted octanol–water partition coefficient (Wildman–Crippen LogP) is 3.64. The first-order valence-corrected chi connectivity index (χ1v) is 12.5. The molecule has 34 heavy (non-hydrogen) atoms. The Labute approximate surface area is 200 Å². The average Bonchev–Trinajstić information content (AvgIpc) is 2.86. The van der Waals surface area contributed by atoms with Crippen LogP contribution in [0.2, 0.25) is 0 Å². The molecule has 184 valence electrons. The van der Waals surface area contributed by atoms with Crippen molar-refractivity contribution in [1.29, 1.82) is 0 Å². The summed E-state index contributed by atoms with van der Waals surface area (Å²) in [4.78, 5) is 31.1. The normalized spacial score (nSPS) is 21.4. The summed E-state index contributed by atoms with van der Waals surface area (Å²) in [7, 11) is 0. The number of benzene rings is 1. The molecule has 1 saturated carbocycles. The quantitative estimate of drug-likeness (QED) is 0.470. The number of carbonyl (C=O) groups is 2. The van der Waals surface area contributed by atoms with Gasteiger partial charge in [-0.3, -0.25) is 4.79 Å². The van der Waals surface area contributed by atoms with Crippen molar-refractivity contribution in [2.45, 2.75) is 44.9 Å². The van der Waals surface area contributed by atoms with Crippen LogP contribution < -0.4 is 15.5 Å². The Hall–Kier alpha value is -2.87. The number of pyridine rings is 1. The van der Waals surface area contributed by atoms with E-state index in [4.69, 9.17) is 10.1 Å². The van der Waals surface area contributed by atoms with Crippen molar-refractivity contribution in [2.24, 2.45) is 17.8 Å². The number of aromatic nitrogens is 1. The molecule has 0 bridgehead atoms. The van der Waals surface area contributed by atoms with Crippen molar-refractivity contribution < 1.29 is 19.8 Å². The maximum absolute atomic E-state index is 13.3. The summed E-state index contributed by atoms with van der Waals surface area (Å²) >= 11 is 0. The van der Waals surface area contributed by atoms with E-state index in [-0.39, 0.29) is 12.5 Å². The number of fused-ring (bicyclic) bond motifs is 1. The lowest BCUT2D eigenvalue weighted by Gasteiger charge is -2.33. The minimum atomic E-state index is -0.965. The lowest BCUT2D eigenvalue weighted by atomic mass is 9.82. The number of anilines is 1. The Balaban J connectivity index is 1.39. The van der Waals surface area contributed by atoms with Gasteiger partial charge in [0, 0.05) is 38.2 Å². The summed E-state index contributed by atoms with van der Waals surface area (Å²) < 4.78 is 0. The third kappa shape index (κ3) is 6.17. The van der Waals surface area contributed by atoms with Gasteiger partial charge in [-0.15, -0.1) is 0 Å². The Morgan fingerprint density at radius 1 is 0.941 bits per heavy atom. The topological polar surface area (TPSA) is 115 Å². The first kappa shape index (κ1) is 24.3. The zero-order valence-electron chi connectivity index (χ0n) is 19.7. The van der Waals surface area contributed by atoms with Crippen molar-refractivity contribution in [2.75, 3.05) is 37.7 Å². The van der Waals surface area contributed by atoms with Gasteiger partial charge in [-0.05, 0) is 74.8 Å². The average molecular weight is 469 g/mol. The van der Waals surface area contributed by atoms with Crippen molar-refractivity contribution in [3.05, 3.63) is 35.9 Å². The lowest BCUT2D eigenvalue weighted by molar-refractivity contribution is 0.0942. The van der Waals surface area contributed by atoms with Gasteiger partial charge in [0.25, 0.3) is 5.91 Å². The van der Waals surface area contributed by atoms with Gasteiger partial charge in [-0.1, -0.05) is 18.2 Å². The standard InChI is InChI=1S/C26H36N4O4/c31-14-11-18-9-12-30(13-10-18)24-15-22(21-3-1-2-4-23(21)29-24)25(32)27-16-19-5-7-20(8-6-19)17-28-26(33)34/h1-4,15,18-20,28,31H,5-14,16-17H2,(H,27,32)(H,33,34). The molecule has 4 rings (SSSR count). The minimum absolute atomic E-state index is 0.0651. The SMILES string of the molecule is O=C(O)NCC1CCC(CNC(=O)c2cc(N3CCC(CCO)CC3)nc3ccccc23)CC1. The van der Waals surface area contributed by atoms with E-state index in [1.54, 1.807) is 0 Å². The molecule has 0 unspecified atom stereocenters. The smallest absolute Gasteiger partial charge is 0.404 e. The van der Waals surface area contributed by atoms with E-state index in [9.17, 15) is 14.7 Å². The fourth-order valence-electron chi connectivity index (χ4n) is 5.35. The number of carboxylic acid groups (broad SMARTS) is 1. The van der Waals surface area contributed by atoms with E-state index in [0.717, 1.165) is 74.8 Å². The van der Waals surface area contributed by atoms with E-state index in [2.05, 4.69) is 15.5 Å². The molecule has 2 amide bonds. The molecule has 1 aliphatic heterocycles. The molecule has 2 aromatic rings. The molecular weight excluding hydrogens is 432 g/mol. The highest BCUT2D eigenvalue weighted by atomic mass is 16.4. The number of para-hydroxylation sites is 1. The van der Waals surface area contributed by atoms with Crippen LogP contribution >= 0.6 is 0 Å². The number of nitrogens with one attached hydrogen (secondary N) is 2. The van der Waals surface area contributed by atoms with Gasteiger partial charge in [0.15, 0.2) is 0 Å². The first-order valence-electron chi connectivity index (χ1n) is 12.5. The molecule has 2 fully saturated rings. The van der Waals surface area contributed by atoms with Crippen LogP contribution in [0.1, 0.15) is 55.3 Å². The Morgan fingerprint density at radius 2 is 1.59 bits per heavy atom. The van der Waals surface area contributed by atoms with Crippen molar-refractivity contribution in [3.8, 4) is 0 Å². The first-order chi connectivity index (χ1) is 16.5. The summed E-state index contributed by atoms with van der Waals surface area (Å²) in [6.45, 7) is 3.16. The zero-order valence-corrected chi connectivity index (χ0v) is 19.7. The molecule has 8 heteroatoms. The number of amides is 2. The van der Waals surface area contributed by atoms with Crippen LogP contribution in [0.4, 0.5) is 10.6 Å². The number of aliphatic hydroxyl groups is 1. The molecule has 1 aromatic heterocycles. The van der Waals surface area contributed by atoms with Crippen LogP contribution in [0.15, 0.2) is 30.3 Å². The van der Waals surface area contributed by atoms with Gasteiger partial charge in [0.2, 0.25) is 0 Å². The highest BCUT2D eigenvalue weighted by molar-refractivity contribution is 6.07. The second-order valence-electron chi connectivity index (χ2n) is 9.77. The van der Waals surface area contributed by atoms with Crippen LogP contribution in [0.5, 0.6) is 0 Å². The molecule has 4 N–H and O–H groups in total. The summed E-state index contributed by atoms with van der Waals surface area (Å²) in [5.41, 5.74) is 1.49. The maximum Gasteiger partial charge on any atom is 0.404 e. The number of nitrogens with zero attached hydrogens (tertiary/aromatic N) is 2. The number of hydrogen-bond acceptors (Lipinski definition) is 5. The number of piperidine rings is 1. The molecule has 8 nitrogen and oxygen atoms in total. The molecular formula is C26H36N4O4. The van der Waals surface area contributed by atoms with Crippen LogP contribution in [-0.2, 0) is 0 Å². The highest BCUT2D eigenvalue weighted by Gasteiger charge is 2.24. The summed E-state index contributed by atoms with van der Waals surface area (Å²) in [6.07, 6.45) is 5.90. The van der Waals surface area contributed by atoms with E-state index < -0.39 is 6.09 Å². The molecule has 0 spiro atoms. The van der Waals surface area contributed by atoms with Gasteiger partial charge < -0.3 is 25.7 Å². The molecule has 2 aliphatic rings. The summed E-state index contributed by atoms with van der Waals surface area (Å²) in [6, 6.07) is 9.73. The zero-order chi connectivity index (χ0) is 23.9. The number of carbonyl (C=O) groups excluding carboxylic acids is 1. The second-order valence-corrected chi connectivity index (χ2v) is 9.77. The van der Waals surface area contributed by atoms with E-state index >= 15 is 0 Å².